The molecule has 1 aromatic heterocycles. The Kier molecular flexibility index (Phi) is 1.23. The Morgan fingerprint density at radius 3 is 2.77 bits per heavy atom. The number of benzene rings is 1. The Morgan fingerprint density at radius 1 is 1.23 bits per heavy atom. The predicted molar refractivity (Wildman–Crippen MR) is 54.7 cm³/mol. The Balaban J connectivity index is 2.35. The smallest absolute Gasteiger partial charge is 0.105 e. The Hall–Kier alpha value is -1.44. The quantitative estimate of drug-likeness (QED) is 0.682. The minimum Gasteiger partial charge on any atom is -0.385 e. The fourth-order valence-corrected chi connectivity index (χ4v) is 2.00. The first-order valence-corrected chi connectivity index (χ1v) is 4.72. The van der Waals surface area contributed by atoms with E-state index in [1.165, 1.54) is 29.3 Å². The number of H-pyrrole nitrogens is 1. The maximum Gasteiger partial charge on any atom is 0.105 e. The van der Waals surface area contributed by atoms with E-state index in [1.807, 2.05) is 6.07 Å². The number of nitrogens with one attached hydrogen (secondary N) is 1. The van der Waals surface area contributed by atoms with Crippen LogP contribution in [0.2, 0.25) is 0 Å². The molecule has 1 heterocycles. The van der Waals surface area contributed by atoms with Crippen LogP contribution in [0.15, 0.2) is 24.3 Å². The van der Waals surface area contributed by atoms with Crippen LogP contribution in [-0.4, -0.2) is 4.98 Å². The molecule has 1 aliphatic carbocycles. The number of aromatic amines is 1. The molecule has 2 nitrogen and oxygen atoms in total. The molecule has 2 heteroatoms. The van der Waals surface area contributed by atoms with Crippen molar-refractivity contribution < 1.29 is 0 Å². The van der Waals surface area contributed by atoms with Crippen molar-refractivity contribution in [3.8, 4) is 0 Å². The monoisotopic (exact) mass is 172 g/mol. The van der Waals surface area contributed by atoms with Gasteiger partial charge in [0, 0.05) is 16.5 Å². The lowest BCUT2D eigenvalue weighted by molar-refractivity contribution is 1.15. The minimum absolute atomic E-state index is 0.719. The van der Waals surface area contributed by atoms with Gasteiger partial charge in [0.05, 0.1) is 0 Å². The minimum atomic E-state index is 0.719. The van der Waals surface area contributed by atoms with E-state index in [4.69, 9.17) is 5.73 Å². The van der Waals surface area contributed by atoms with E-state index in [0.717, 1.165) is 11.7 Å². The average Bonchev–Trinajstić information content (AvgIpc) is 2.88. The molecule has 0 amide bonds. The summed E-state index contributed by atoms with van der Waals surface area (Å²) in [6, 6.07) is 8.34. The van der Waals surface area contributed by atoms with Gasteiger partial charge in [0.15, 0.2) is 0 Å². The summed E-state index contributed by atoms with van der Waals surface area (Å²) in [5.41, 5.74) is 8.45. The Morgan fingerprint density at radius 2 is 2.00 bits per heavy atom. The highest BCUT2D eigenvalue weighted by molar-refractivity contribution is 5.89. The molecule has 1 saturated carbocycles. The van der Waals surface area contributed by atoms with Gasteiger partial charge >= 0.3 is 0 Å². The summed E-state index contributed by atoms with van der Waals surface area (Å²) in [5.74, 6) is 1.58. The van der Waals surface area contributed by atoms with Crippen molar-refractivity contribution >= 4 is 16.7 Å². The first-order valence-electron chi connectivity index (χ1n) is 4.72. The second-order valence-corrected chi connectivity index (χ2v) is 3.77. The second kappa shape index (κ2) is 2.28. The molecule has 13 heavy (non-hydrogen) atoms. The van der Waals surface area contributed by atoms with Gasteiger partial charge in [-0.25, -0.2) is 0 Å². The number of hydrogen-bond donors (Lipinski definition) is 2. The fraction of sp³-hybridized carbons (Fsp3) is 0.273. The lowest BCUT2D eigenvalue weighted by Gasteiger charge is -1.95. The molecule has 3 rings (SSSR count). The van der Waals surface area contributed by atoms with Crippen molar-refractivity contribution in [2.75, 3.05) is 5.73 Å². The van der Waals surface area contributed by atoms with E-state index in [2.05, 4.69) is 23.2 Å². The molecule has 0 unspecified atom stereocenters. The highest BCUT2D eigenvalue weighted by atomic mass is 14.9. The van der Waals surface area contributed by atoms with Crippen molar-refractivity contribution in [2.24, 2.45) is 0 Å². The average molecular weight is 172 g/mol. The van der Waals surface area contributed by atoms with Gasteiger partial charge in [-0.2, -0.15) is 0 Å². The third kappa shape index (κ3) is 0.949. The fourth-order valence-electron chi connectivity index (χ4n) is 2.00. The van der Waals surface area contributed by atoms with Crippen molar-refractivity contribution in [1.29, 1.82) is 0 Å². The van der Waals surface area contributed by atoms with Crippen molar-refractivity contribution in [3.63, 3.8) is 0 Å². The van der Waals surface area contributed by atoms with Gasteiger partial charge in [-0.05, 0) is 24.8 Å². The zero-order valence-corrected chi connectivity index (χ0v) is 7.38. The zero-order valence-electron chi connectivity index (χ0n) is 7.38. The van der Waals surface area contributed by atoms with Crippen LogP contribution in [0.25, 0.3) is 10.9 Å². The van der Waals surface area contributed by atoms with Gasteiger partial charge in [-0.1, -0.05) is 18.2 Å². The number of rotatable bonds is 1. The normalized spacial score (nSPS) is 16.6. The molecule has 0 aliphatic heterocycles. The van der Waals surface area contributed by atoms with E-state index < -0.39 is 0 Å². The summed E-state index contributed by atoms with van der Waals surface area (Å²) < 4.78 is 0. The molecule has 0 bridgehead atoms. The number of para-hydroxylation sites is 1. The van der Waals surface area contributed by atoms with E-state index in [-0.39, 0.29) is 0 Å². The summed E-state index contributed by atoms with van der Waals surface area (Å²) in [7, 11) is 0. The molecule has 0 spiro atoms. The van der Waals surface area contributed by atoms with E-state index >= 15 is 0 Å². The maximum absolute atomic E-state index is 5.94. The van der Waals surface area contributed by atoms with Crippen LogP contribution in [-0.2, 0) is 0 Å². The topological polar surface area (TPSA) is 41.8 Å². The van der Waals surface area contributed by atoms with Crippen LogP contribution in [0.4, 0.5) is 5.82 Å². The van der Waals surface area contributed by atoms with Crippen molar-refractivity contribution in [1.82, 2.24) is 4.98 Å². The zero-order chi connectivity index (χ0) is 8.84. The van der Waals surface area contributed by atoms with Gasteiger partial charge in [-0.3, -0.25) is 0 Å². The molecule has 3 N–H and O–H groups in total. The molecule has 2 aromatic rings. The number of anilines is 1. The van der Waals surface area contributed by atoms with Crippen LogP contribution in [0.3, 0.4) is 0 Å². The summed E-state index contributed by atoms with van der Waals surface area (Å²) >= 11 is 0. The van der Waals surface area contributed by atoms with Crippen LogP contribution in [0.5, 0.6) is 0 Å². The lowest BCUT2D eigenvalue weighted by atomic mass is 10.1. The summed E-state index contributed by atoms with van der Waals surface area (Å²) in [6.07, 6.45) is 2.60. The standard InChI is InChI=1S/C11H12N2/c12-11-10(7-5-6-7)8-3-1-2-4-9(8)13-11/h1-4,7,13H,5-6,12H2. The van der Waals surface area contributed by atoms with E-state index in [0.29, 0.717) is 0 Å². The van der Waals surface area contributed by atoms with Gasteiger partial charge in [0.1, 0.15) is 5.82 Å². The number of nitrogens with two attached hydrogens (primary N) is 1. The van der Waals surface area contributed by atoms with E-state index in [9.17, 15) is 0 Å². The van der Waals surface area contributed by atoms with Crippen LogP contribution >= 0.6 is 0 Å². The summed E-state index contributed by atoms with van der Waals surface area (Å²) in [6.45, 7) is 0. The molecule has 0 atom stereocenters. The molecule has 1 aliphatic rings. The maximum atomic E-state index is 5.94. The number of hydrogen-bond acceptors (Lipinski definition) is 1. The molecule has 0 saturated heterocycles. The second-order valence-electron chi connectivity index (χ2n) is 3.77. The van der Waals surface area contributed by atoms with Crippen molar-refractivity contribution in [2.45, 2.75) is 18.8 Å². The molecular weight excluding hydrogens is 160 g/mol. The number of fused-ring (bicyclic) bond motifs is 1. The van der Waals surface area contributed by atoms with E-state index in [1.54, 1.807) is 0 Å². The molecular formula is C11H12N2. The lowest BCUT2D eigenvalue weighted by Crippen LogP contribution is -1.88. The van der Waals surface area contributed by atoms with Crippen molar-refractivity contribution in [3.05, 3.63) is 29.8 Å². The van der Waals surface area contributed by atoms with Gasteiger partial charge in [0.2, 0.25) is 0 Å². The van der Waals surface area contributed by atoms with Gasteiger partial charge in [0.25, 0.3) is 0 Å². The predicted octanol–water partition coefficient (Wildman–Crippen LogP) is 2.63. The number of nitrogen functional groups attached to an aromatic ring is 1. The molecule has 0 radical (unpaired) electrons. The third-order valence-corrected chi connectivity index (χ3v) is 2.76. The third-order valence-electron chi connectivity index (χ3n) is 2.76. The molecule has 1 fully saturated rings. The first kappa shape index (κ1) is 7.01. The molecule has 1 aromatic carbocycles. The largest absolute Gasteiger partial charge is 0.385 e. The van der Waals surface area contributed by atoms with Crippen LogP contribution in [0, 0.1) is 0 Å². The first-order chi connectivity index (χ1) is 6.36. The van der Waals surface area contributed by atoms with Gasteiger partial charge < -0.3 is 10.7 Å². The van der Waals surface area contributed by atoms with Crippen LogP contribution < -0.4 is 5.73 Å². The highest BCUT2D eigenvalue weighted by Crippen LogP contribution is 2.45. The van der Waals surface area contributed by atoms with Gasteiger partial charge in [-0.15, -0.1) is 0 Å². The molecule has 66 valence electrons. The Labute approximate surface area is 76.8 Å². The van der Waals surface area contributed by atoms with Crippen LogP contribution in [0.1, 0.15) is 24.3 Å². The Bertz CT molecular complexity index is 452. The highest BCUT2D eigenvalue weighted by Gasteiger charge is 2.28. The summed E-state index contributed by atoms with van der Waals surface area (Å²) in [5, 5.41) is 1.31. The summed E-state index contributed by atoms with van der Waals surface area (Å²) in [4.78, 5) is 3.23. The SMILES string of the molecule is Nc1[nH]c2ccccc2c1C1CC1. The number of aromatic nitrogens is 1.